The third-order valence-electron chi connectivity index (χ3n) is 1.94. The van der Waals surface area contributed by atoms with Gasteiger partial charge >= 0.3 is 0 Å². The Morgan fingerprint density at radius 3 is 2.53 bits per heavy atom. The maximum absolute atomic E-state index is 11.5. The topological polar surface area (TPSA) is 50.4 Å². The van der Waals surface area contributed by atoms with E-state index in [1.54, 1.807) is 0 Å². The standard InChI is InChI=1S/C11H24N2O2/c1-5-15-8-6-7-12-10(4)11(14)13-9(2)3/h9-10,12H,5-8H2,1-4H3,(H,13,14). The molecule has 0 rings (SSSR count). The van der Waals surface area contributed by atoms with Crippen molar-refractivity contribution in [3.8, 4) is 0 Å². The van der Waals surface area contributed by atoms with Crippen molar-refractivity contribution in [2.75, 3.05) is 19.8 Å². The first-order valence-corrected chi connectivity index (χ1v) is 5.69. The molecule has 0 saturated heterocycles. The first-order valence-electron chi connectivity index (χ1n) is 5.69. The van der Waals surface area contributed by atoms with Crippen molar-refractivity contribution in [3.05, 3.63) is 0 Å². The highest BCUT2D eigenvalue weighted by atomic mass is 16.5. The molecule has 4 nitrogen and oxygen atoms in total. The second kappa shape index (κ2) is 8.68. The van der Waals surface area contributed by atoms with Crippen molar-refractivity contribution < 1.29 is 9.53 Å². The summed E-state index contributed by atoms with van der Waals surface area (Å²) in [5.41, 5.74) is 0. The van der Waals surface area contributed by atoms with E-state index in [1.807, 2.05) is 27.7 Å². The maximum atomic E-state index is 11.5. The predicted octanol–water partition coefficient (Wildman–Crippen LogP) is 0.916. The molecule has 1 unspecified atom stereocenters. The lowest BCUT2D eigenvalue weighted by Gasteiger charge is -2.15. The fourth-order valence-electron chi connectivity index (χ4n) is 1.14. The number of nitrogens with one attached hydrogen (secondary N) is 2. The van der Waals surface area contributed by atoms with Crippen LogP contribution in [0.4, 0.5) is 0 Å². The van der Waals surface area contributed by atoms with Gasteiger partial charge in [-0.3, -0.25) is 4.79 Å². The van der Waals surface area contributed by atoms with Crippen LogP contribution in [0.25, 0.3) is 0 Å². The Balaban J connectivity index is 3.47. The highest BCUT2D eigenvalue weighted by molar-refractivity contribution is 5.81. The van der Waals surface area contributed by atoms with Gasteiger partial charge in [0.2, 0.25) is 5.91 Å². The minimum Gasteiger partial charge on any atom is -0.382 e. The van der Waals surface area contributed by atoms with E-state index in [9.17, 15) is 4.79 Å². The molecule has 15 heavy (non-hydrogen) atoms. The fourth-order valence-corrected chi connectivity index (χ4v) is 1.14. The van der Waals surface area contributed by atoms with Crippen LogP contribution in [0.15, 0.2) is 0 Å². The van der Waals surface area contributed by atoms with E-state index in [4.69, 9.17) is 4.74 Å². The first-order chi connectivity index (χ1) is 7.07. The van der Waals surface area contributed by atoms with E-state index in [-0.39, 0.29) is 18.0 Å². The van der Waals surface area contributed by atoms with Crippen molar-refractivity contribution in [2.45, 2.75) is 46.2 Å². The van der Waals surface area contributed by atoms with Crippen molar-refractivity contribution in [3.63, 3.8) is 0 Å². The Kier molecular flexibility index (Phi) is 8.33. The van der Waals surface area contributed by atoms with Gasteiger partial charge in [0.25, 0.3) is 0 Å². The van der Waals surface area contributed by atoms with Gasteiger partial charge in [-0.05, 0) is 40.7 Å². The molecule has 0 radical (unpaired) electrons. The highest BCUT2D eigenvalue weighted by Gasteiger charge is 2.11. The monoisotopic (exact) mass is 216 g/mol. The summed E-state index contributed by atoms with van der Waals surface area (Å²) in [4.78, 5) is 11.5. The van der Waals surface area contributed by atoms with Gasteiger partial charge in [0.15, 0.2) is 0 Å². The van der Waals surface area contributed by atoms with Crippen molar-refractivity contribution in [1.29, 1.82) is 0 Å². The van der Waals surface area contributed by atoms with Gasteiger partial charge in [-0.15, -0.1) is 0 Å². The highest BCUT2D eigenvalue weighted by Crippen LogP contribution is 1.87. The van der Waals surface area contributed by atoms with Crippen molar-refractivity contribution >= 4 is 5.91 Å². The minimum absolute atomic E-state index is 0.0569. The quantitative estimate of drug-likeness (QED) is 0.593. The SMILES string of the molecule is CCOCCCNC(C)C(=O)NC(C)C. The molecule has 0 heterocycles. The molecule has 0 aromatic carbocycles. The molecule has 0 spiro atoms. The summed E-state index contributed by atoms with van der Waals surface area (Å²) in [5.74, 6) is 0.0569. The number of hydrogen-bond acceptors (Lipinski definition) is 3. The normalized spacial score (nSPS) is 12.9. The molecule has 2 N–H and O–H groups in total. The van der Waals surface area contributed by atoms with Crippen LogP contribution in [0.5, 0.6) is 0 Å². The van der Waals surface area contributed by atoms with Crippen LogP contribution in [0, 0.1) is 0 Å². The molecule has 0 aromatic heterocycles. The van der Waals surface area contributed by atoms with Gasteiger partial charge in [-0.1, -0.05) is 0 Å². The molecule has 90 valence electrons. The van der Waals surface area contributed by atoms with Crippen LogP contribution in [0.2, 0.25) is 0 Å². The zero-order valence-corrected chi connectivity index (χ0v) is 10.3. The van der Waals surface area contributed by atoms with Crippen LogP contribution in [-0.2, 0) is 9.53 Å². The number of ether oxygens (including phenoxy) is 1. The Labute approximate surface area is 92.8 Å². The van der Waals surface area contributed by atoms with E-state index in [0.29, 0.717) is 0 Å². The lowest BCUT2D eigenvalue weighted by atomic mass is 10.2. The molecule has 4 heteroatoms. The molecular formula is C11H24N2O2. The van der Waals surface area contributed by atoms with E-state index >= 15 is 0 Å². The van der Waals surface area contributed by atoms with Gasteiger partial charge in [-0.25, -0.2) is 0 Å². The van der Waals surface area contributed by atoms with Crippen LogP contribution < -0.4 is 10.6 Å². The fraction of sp³-hybridized carbons (Fsp3) is 0.909. The Bertz CT molecular complexity index is 172. The Morgan fingerprint density at radius 1 is 1.33 bits per heavy atom. The largest absolute Gasteiger partial charge is 0.382 e. The third-order valence-corrected chi connectivity index (χ3v) is 1.94. The maximum Gasteiger partial charge on any atom is 0.237 e. The number of carbonyl (C=O) groups is 1. The first kappa shape index (κ1) is 14.4. The number of hydrogen-bond donors (Lipinski definition) is 2. The van der Waals surface area contributed by atoms with E-state index < -0.39 is 0 Å². The predicted molar refractivity (Wildman–Crippen MR) is 61.9 cm³/mol. The summed E-state index contributed by atoms with van der Waals surface area (Å²) in [7, 11) is 0. The second-order valence-corrected chi connectivity index (χ2v) is 3.89. The average molecular weight is 216 g/mol. The van der Waals surface area contributed by atoms with E-state index in [0.717, 1.165) is 26.2 Å². The lowest BCUT2D eigenvalue weighted by Crippen LogP contribution is -2.45. The summed E-state index contributed by atoms with van der Waals surface area (Å²) in [6, 6.07) is 0.0687. The summed E-state index contributed by atoms with van der Waals surface area (Å²) in [6.07, 6.45) is 0.938. The van der Waals surface area contributed by atoms with E-state index in [1.165, 1.54) is 0 Å². The molecule has 0 aliphatic carbocycles. The van der Waals surface area contributed by atoms with Crippen LogP contribution >= 0.6 is 0 Å². The van der Waals surface area contributed by atoms with Crippen molar-refractivity contribution in [1.82, 2.24) is 10.6 Å². The van der Waals surface area contributed by atoms with Crippen LogP contribution in [-0.4, -0.2) is 37.7 Å². The number of amides is 1. The molecule has 0 aliphatic rings. The summed E-state index contributed by atoms with van der Waals surface area (Å²) in [5, 5.41) is 6.02. The second-order valence-electron chi connectivity index (χ2n) is 3.89. The molecule has 1 atom stereocenters. The van der Waals surface area contributed by atoms with Crippen molar-refractivity contribution in [2.24, 2.45) is 0 Å². The summed E-state index contributed by atoms with van der Waals surface area (Å²) < 4.78 is 5.20. The molecule has 0 aliphatic heterocycles. The molecule has 1 amide bonds. The van der Waals surface area contributed by atoms with Crippen LogP contribution in [0.3, 0.4) is 0 Å². The summed E-state index contributed by atoms with van der Waals surface area (Å²) >= 11 is 0. The molecular weight excluding hydrogens is 192 g/mol. The minimum atomic E-state index is -0.131. The Hall–Kier alpha value is -0.610. The van der Waals surface area contributed by atoms with Gasteiger partial charge in [0.1, 0.15) is 0 Å². The zero-order valence-electron chi connectivity index (χ0n) is 10.3. The van der Waals surface area contributed by atoms with E-state index in [2.05, 4.69) is 10.6 Å². The molecule has 0 aromatic rings. The van der Waals surface area contributed by atoms with Gasteiger partial charge < -0.3 is 15.4 Å². The third kappa shape index (κ3) is 8.39. The smallest absolute Gasteiger partial charge is 0.237 e. The number of carbonyl (C=O) groups excluding carboxylic acids is 1. The zero-order chi connectivity index (χ0) is 11.7. The van der Waals surface area contributed by atoms with Gasteiger partial charge in [0.05, 0.1) is 6.04 Å². The van der Waals surface area contributed by atoms with Gasteiger partial charge in [-0.2, -0.15) is 0 Å². The molecule has 0 fully saturated rings. The van der Waals surface area contributed by atoms with Crippen LogP contribution in [0.1, 0.15) is 34.1 Å². The summed E-state index contributed by atoms with van der Waals surface area (Å²) in [6.45, 7) is 10.1. The number of rotatable bonds is 8. The average Bonchev–Trinajstić information content (AvgIpc) is 2.16. The Morgan fingerprint density at radius 2 is 2.00 bits per heavy atom. The lowest BCUT2D eigenvalue weighted by molar-refractivity contribution is -0.123. The molecule has 0 bridgehead atoms. The van der Waals surface area contributed by atoms with Gasteiger partial charge in [0, 0.05) is 19.3 Å². The molecule has 0 saturated carbocycles.